The van der Waals surface area contributed by atoms with Gasteiger partial charge in [0.2, 0.25) is 0 Å². The van der Waals surface area contributed by atoms with E-state index in [0.717, 1.165) is 28.1 Å². The highest BCUT2D eigenvalue weighted by Crippen LogP contribution is 2.31. The van der Waals surface area contributed by atoms with Crippen LogP contribution in [-0.4, -0.2) is 17.6 Å². The summed E-state index contributed by atoms with van der Waals surface area (Å²) >= 11 is 1.53. The first-order valence-electron chi connectivity index (χ1n) is 7.96. The van der Waals surface area contributed by atoms with Gasteiger partial charge in [0.15, 0.2) is 10.8 Å². The number of carbonyl (C=O) groups is 1. The number of esters is 1. The summed E-state index contributed by atoms with van der Waals surface area (Å²) in [7, 11) is 0. The molecule has 126 valence electrons. The maximum Gasteiger partial charge on any atom is 0.349 e. The smallest absolute Gasteiger partial charge is 0.349 e. The highest BCUT2D eigenvalue weighted by atomic mass is 32.1. The molecule has 0 spiro atoms. The van der Waals surface area contributed by atoms with Crippen molar-refractivity contribution < 1.29 is 13.9 Å². The summed E-state index contributed by atoms with van der Waals surface area (Å²) in [5.41, 5.74) is 0.828. The summed E-state index contributed by atoms with van der Waals surface area (Å²) in [6, 6.07) is 13.2. The van der Waals surface area contributed by atoms with Crippen LogP contribution >= 0.6 is 11.3 Å². The molecule has 3 aromatic rings. The Labute approximate surface area is 149 Å². The molecule has 0 amide bonds. The molecule has 0 atom stereocenters. The Balaban J connectivity index is 1.80. The first-order chi connectivity index (χ1) is 12.2. The average Bonchev–Trinajstić information content (AvgIpc) is 3.26. The molecule has 5 nitrogen and oxygen atoms in total. The topological polar surface area (TPSA) is 76.1 Å². The van der Waals surface area contributed by atoms with Gasteiger partial charge in [-0.1, -0.05) is 25.5 Å². The Morgan fingerprint density at radius 2 is 2.20 bits per heavy atom. The zero-order valence-electron chi connectivity index (χ0n) is 13.7. The molecule has 0 bridgehead atoms. The van der Waals surface area contributed by atoms with E-state index in [1.807, 2.05) is 37.3 Å². The number of furan rings is 1. The predicted molar refractivity (Wildman–Crippen MR) is 96.8 cm³/mol. The summed E-state index contributed by atoms with van der Waals surface area (Å²) < 4.78 is 11.8. The second-order valence-electron chi connectivity index (χ2n) is 5.35. The minimum absolute atomic E-state index is 0.0821. The normalized spacial score (nSPS) is 11.4. The third-order valence-corrected chi connectivity index (χ3v) is 4.54. The lowest BCUT2D eigenvalue weighted by Crippen LogP contribution is -2.07. The Morgan fingerprint density at radius 3 is 2.96 bits per heavy atom. The standard InChI is InChI=1S/C19H16N2O3S/c1-2-3-10-23-19(22)13(12-20)11-14-8-9-16(24-14)18-21-15-6-4-5-7-17(15)25-18/h4-9,11H,2-3,10H2,1H3/b13-11+. The molecule has 0 saturated heterocycles. The molecule has 0 aliphatic carbocycles. The van der Waals surface area contributed by atoms with Crippen LogP contribution in [0.5, 0.6) is 0 Å². The molecule has 0 fully saturated rings. The number of aromatic nitrogens is 1. The Bertz CT molecular complexity index is 929. The number of benzene rings is 1. The SMILES string of the molecule is CCCCOC(=O)/C(C#N)=C/c1ccc(-c2nc3ccccc3s2)o1. The van der Waals surface area contributed by atoms with Crippen molar-refractivity contribution >= 4 is 33.6 Å². The van der Waals surface area contributed by atoms with Gasteiger partial charge in [-0.2, -0.15) is 5.26 Å². The number of fused-ring (bicyclic) bond motifs is 1. The van der Waals surface area contributed by atoms with Gasteiger partial charge in [0.25, 0.3) is 0 Å². The Hall–Kier alpha value is -2.91. The van der Waals surface area contributed by atoms with E-state index in [1.165, 1.54) is 17.4 Å². The van der Waals surface area contributed by atoms with Crippen LogP contribution in [0.3, 0.4) is 0 Å². The van der Waals surface area contributed by atoms with E-state index in [2.05, 4.69) is 4.98 Å². The summed E-state index contributed by atoms with van der Waals surface area (Å²) in [4.78, 5) is 16.4. The summed E-state index contributed by atoms with van der Waals surface area (Å²) in [6.07, 6.45) is 3.08. The number of carbonyl (C=O) groups excluding carboxylic acids is 1. The van der Waals surface area contributed by atoms with Crippen LogP contribution in [0.25, 0.3) is 27.1 Å². The first-order valence-corrected chi connectivity index (χ1v) is 8.77. The van der Waals surface area contributed by atoms with Crippen molar-refractivity contribution in [3.8, 4) is 16.8 Å². The number of nitrogens with zero attached hydrogens (tertiary/aromatic N) is 2. The first kappa shape index (κ1) is 16.9. The summed E-state index contributed by atoms with van der Waals surface area (Å²) in [5.74, 6) is 0.385. The molecular weight excluding hydrogens is 336 g/mol. The highest BCUT2D eigenvalue weighted by Gasteiger charge is 2.13. The largest absolute Gasteiger partial charge is 0.462 e. The molecule has 2 aromatic heterocycles. The van der Waals surface area contributed by atoms with Crippen molar-refractivity contribution in [3.63, 3.8) is 0 Å². The molecule has 6 heteroatoms. The fourth-order valence-electron chi connectivity index (χ4n) is 2.19. The average molecular weight is 352 g/mol. The van der Waals surface area contributed by atoms with E-state index in [4.69, 9.17) is 14.4 Å². The van der Waals surface area contributed by atoms with E-state index in [1.54, 1.807) is 12.1 Å². The zero-order chi connectivity index (χ0) is 17.6. The van der Waals surface area contributed by atoms with Gasteiger partial charge in [0, 0.05) is 6.08 Å². The fraction of sp³-hybridized carbons (Fsp3) is 0.211. The lowest BCUT2D eigenvalue weighted by Gasteiger charge is -2.01. The minimum Gasteiger partial charge on any atom is -0.462 e. The van der Waals surface area contributed by atoms with E-state index in [-0.39, 0.29) is 5.57 Å². The maximum absolute atomic E-state index is 11.9. The van der Waals surface area contributed by atoms with Gasteiger partial charge in [0.1, 0.15) is 17.4 Å². The van der Waals surface area contributed by atoms with Gasteiger partial charge < -0.3 is 9.15 Å². The number of para-hydroxylation sites is 1. The van der Waals surface area contributed by atoms with E-state index in [0.29, 0.717) is 18.1 Å². The number of hydrogen-bond donors (Lipinski definition) is 0. The third kappa shape index (κ3) is 3.95. The fourth-order valence-corrected chi connectivity index (χ4v) is 3.12. The summed E-state index contributed by atoms with van der Waals surface area (Å²) in [6.45, 7) is 2.31. The molecular formula is C19H16N2O3S. The minimum atomic E-state index is -0.631. The van der Waals surface area contributed by atoms with Crippen LogP contribution in [-0.2, 0) is 9.53 Å². The number of rotatable bonds is 6. The second kappa shape index (κ2) is 7.77. The quantitative estimate of drug-likeness (QED) is 0.275. The summed E-state index contributed by atoms with van der Waals surface area (Å²) in [5, 5.41) is 9.92. The predicted octanol–water partition coefficient (Wildman–Crippen LogP) is 4.81. The van der Waals surface area contributed by atoms with Gasteiger partial charge in [-0.25, -0.2) is 9.78 Å². The number of unbranched alkanes of at least 4 members (excludes halogenated alkanes) is 1. The molecule has 3 rings (SSSR count). The van der Waals surface area contributed by atoms with Crippen LogP contribution in [0.15, 0.2) is 46.4 Å². The zero-order valence-corrected chi connectivity index (χ0v) is 14.5. The van der Waals surface area contributed by atoms with Gasteiger partial charge in [-0.05, 0) is 30.7 Å². The van der Waals surface area contributed by atoms with Crippen molar-refractivity contribution in [3.05, 3.63) is 47.7 Å². The second-order valence-corrected chi connectivity index (χ2v) is 6.38. The Morgan fingerprint density at radius 1 is 1.36 bits per heavy atom. The van der Waals surface area contributed by atoms with Crippen LogP contribution in [0.1, 0.15) is 25.5 Å². The van der Waals surface area contributed by atoms with Crippen LogP contribution in [0.2, 0.25) is 0 Å². The van der Waals surface area contributed by atoms with E-state index < -0.39 is 5.97 Å². The number of hydrogen-bond acceptors (Lipinski definition) is 6. The van der Waals surface area contributed by atoms with Gasteiger partial charge in [-0.15, -0.1) is 11.3 Å². The molecule has 0 unspecified atom stereocenters. The van der Waals surface area contributed by atoms with Crippen molar-refractivity contribution in [2.75, 3.05) is 6.61 Å². The third-order valence-electron chi connectivity index (χ3n) is 3.49. The van der Waals surface area contributed by atoms with Crippen molar-refractivity contribution in [2.45, 2.75) is 19.8 Å². The van der Waals surface area contributed by atoms with Crippen molar-refractivity contribution in [2.24, 2.45) is 0 Å². The Kier molecular flexibility index (Phi) is 5.26. The van der Waals surface area contributed by atoms with Crippen molar-refractivity contribution in [1.29, 1.82) is 5.26 Å². The number of ether oxygens (including phenoxy) is 1. The van der Waals surface area contributed by atoms with Crippen LogP contribution in [0.4, 0.5) is 0 Å². The van der Waals surface area contributed by atoms with E-state index >= 15 is 0 Å². The lowest BCUT2D eigenvalue weighted by molar-refractivity contribution is -0.138. The molecule has 0 radical (unpaired) electrons. The monoisotopic (exact) mass is 352 g/mol. The molecule has 0 aliphatic rings. The number of thiazole rings is 1. The maximum atomic E-state index is 11.9. The van der Waals surface area contributed by atoms with Gasteiger partial charge in [-0.3, -0.25) is 0 Å². The van der Waals surface area contributed by atoms with Gasteiger partial charge >= 0.3 is 5.97 Å². The highest BCUT2D eigenvalue weighted by molar-refractivity contribution is 7.21. The lowest BCUT2D eigenvalue weighted by atomic mass is 10.2. The molecule has 0 aliphatic heterocycles. The molecule has 25 heavy (non-hydrogen) atoms. The molecule has 0 N–H and O–H groups in total. The molecule has 2 heterocycles. The van der Waals surface area contributed by atoms with E-state index in [9.17, 15) is 4.79 Å². The van der Waals surface area contributed by atoms with Crippen LogP contribution < -0.4 is 0 Å². The van der Waals surface area contributed by atoms with Gasteiger partial charge in [0.05, 0.1) is 16.8 Å². The van der Waals surface area contributed by atoms with Crippen molar-refractivity contribution in [1.82, 2.24) is 4.98 Å². The molecule has 0 saturated carbocycles. The molecule has 1 aromatic carbocycles. The van der Waals surface area contributed by atoms with Crippen LogP contribution in [0, 0.1) is 11.3 Å². The number of nitriles is 1.